The van der Waals surface area contributed by atoms with Crippen LogP contribution in [0.4, 0.5) is 0 Å². The topological polar surface area (TPSA) is 38.8 Å². The summed E-state index contributed by atoms with van der Waals surface area (Å²) in [6.45, 7) is 2.83. The summed E-state index contributed by atoms with van der Waals surface area (Å²) in [5.41, 5.74) is 0. The minimum atomic E-state index is 0.0796. The minimum absolute atomic E-state index is 0.0796. The van der Waals surface area contributed by atoms with Gasteiger partial charge in [0.2, 0.25) is 5.91 Å². The molecule has 1 saturated heterocycles. The summed E-state index contributed by atoms with van der Waals surface area (Å²) in [5.74, 6) is 0.904. The number of amides is 1. The van der Waals surface area contributed by atoms with Crippen molar-refractivity contribution in [2.24, 2.45) is 0 Å². The van der Waals surface area contributed by atoms with Crippen LogP contribution >= 0.6 is 0 Å². The first-order valence-electron chi connectivity index (χ1n) is 5.89. The average Bonchev–Trinajstić information content (AvgIpc) is 2.27. The van der Waals surface area contributed by atoms with Crippen LogP contribution in [-0.2, 0) is 9.53 Å². The predicted molar refractivity (Wildman–Crippen MR) is 64.0 cm³/mol. The Hall–Kier alpha value is -1.55. The zero-order chi connectivity index (χ0) is 11.9. The van der Waals surface area contributed by atoms with Crippen LogP contribution in [0, 0.1) is 0 Å². The Morgan fingerprint density at radius 2 is 1.94 bits per heavy atom. The highest BCUT2D eigenvalue weighted by Gasteiger charge is 2.19. The van der Waals surface area contributed by atoms with Gasteiger partial charge in [-0.3, -0.25) is 4.79 Å². The third-order valence-electron chi connectivity index (χ3n) is 2.67. The second-order valence-corrected chi connectivity index (χ2v) is 3.95. The molecule has 4 heteroatoms. The summed E-state index contributed by atoms with van der Waals surface area (Å²) in [7, 11) is 0. The molecule has 1 amide bonds. The van der Waals surface area contributed by atoms with Crippen LogP contribution < -0.4 is 4.74 Å². The van der Waals surface area contributed by atoms with Crippen molar-refractivity contribution < 1.29 is 14.3 Å². The van der Waals surface area contributed by atoms with Crippen LogP contribution in [0.2, 0.25) is 0 Å². The summed E-state index contributed by atoms with van der Waals surface area (Å²) in [4.78, 5) is 13.2. The van der Waals surface area contributed by atoms with E-state index in [4.69, 9.17) is 9.47 Å². The Balaban J connectivity index is 1.53. The standard InChI is InChI=1S/C13H17NO3/c15-13(14-7-4-8-14)11-16-9-10-17-12-5-2-1-3-6-12/h1-3,5-6H,4,7-11H2. The van der Waals surface area contributed by atoms with Crippen molar-refractivity contribution in [3.8, 4) is 5.75 Å². The highest BCUT2D eigenvalue weighted by Crippen LogP contribution is 2.08. The molecule has 0 unspecified atom stereocenters. The smallest absolute Gasteiger partial charge is 0.248 e. The lowest BCUT2D eigenvalue weighted by molar-refractivity contribution is -0.139. The molecule has 2 rings (SSSR count). The van der Waals surface area contributed by atoms with Gasteiger partial charge in [0.15, 0.2) is 0 Å². The third kappa shape index (κ3) is 3.75. The van der Waals surface area contributed by atoms with Gasteiger partial charge in [0.1, 0.15) is 19.0 Å². The maximum atomic E-state index is 11.4. The summed E-state index contributed by atoms with van der Waals surface area (Å²) in [5, 5.41) is 0. The van der Waals surface area contributed by atoms with E-state index >= 15 is 0 Å². The van der Waals surface area contributed by atoms with Crippen LogP contribution in [-0.4, -0.2) is 43.7 Å². The van der Waals surface area contributed by atoms with Gasteiger partial charge in [-0.05, 0) is 18.6 Å². The van der Waals surface area contributed by atoms with E-state index in [2.05, 4.69) is 0 Å². The van der Waals surface area contributed by atoms with Gasteiger partial charge in [-0.1, -0.05) is 18.2 Å². The Bertz CT molecular complexity index is 349. The Labute approximate surface area is 101 Å². The number of benzene rings is 1. The molecule has 1 aliphatic heterocycles. The molecule has 0 aliphatic carbocycles. The number of carbonyl (C=O) groups is 1. The monoisotopic (exact) mass is 235 g/mol. The molecule has 0 bridgehead atoms. The van der Waals surface area contributed by atoms with Crippen molar-refractivity contribution in [2.75, 3.05) is 32.9 Å². The van der Waals surface area contributed by atoms with Gasteiger partial charge in [-0.25, -0.2) is 0 Å². The summed E-state index contributed by atoms with van der Waals surface area (Å²) >= 11 is 0. The van der Waals surface area contributed by atoms with Crippen molar-refractivity contribution >= 4 is 5.91 Å². The molecule has 0 saturated carbocycles. The number of hydrogen-bond donors (Lipinski definition) is 0. The SMILES string of the molecule is O=C(COCCOc1ccccc1)N1CCC1. The van der Waals surface area contributed by atoms with Crippen molar-refractivity contribution in [3.63, 3.8) is 0 Å². The fraction of sp³-hybridized carbons (Fsp3) is 0.462. The van der Waals surface area contributed by atoms with E-state index in [-0.39, 0.29) is 12.5 Å². The van der Waals surface area contributed by atoms with E-state index in [0.29, 0.717) is 13.2 Å². The second-order valence-electron chi connectivity index (χ2n) is 3.95. The number of nitrogens with zero attached hydrogens (tertiary/aromatic N) is 1. The maximum absolute atomic E-state index is 11.4. The quantitative estimate of drug-likeness (QED) is 0.698. The average molecular weight is 235 g/mol. The summed E-state index contributed by atoms with van der Waals surface area (Å²) < 4.78 is 10.7. The zero-order valence-electron chi connectivity index (χ0n) is 9.80. The predicted octanol–water partition coefficient (Wildman–Crippen LogP) is 1.31. The molecular formula is C13H17NO3. The van der Waals surface area contributed by atoms with Gasteiger partial charge in [0.25, 0.3) is 0 Å². The van der Waals surface area contributed by atoms with Gasteiger partial charge in [-0.2, -0.15) is 0 Å². The molecule has 0 radical (unpaired) electrons. The van der Waals surface area contributed by atoms with Crippen molar-refractivity contribution in [1.82, 2.24) is 4.90 Å². The first-order chi connectivity index (χ1) is 8.36. The lowest BCUT2D eigenvalue weighted by atomic mass is 10.2. The van der Waals surface area contributed by atoms with E-state index in [0.717, 1.165) is 25.3 Å². The molecule has 0 spiro atoms. The van der Waals surface area contributed by atoms with E-state index in [1.165, 1.54) is 0 Å². The molecule has 92 valence electrons. The molecule has 0 N–H and O–H groups in total. The Morgan fingerprint density at radius 3 is 2.59 bits per heavy atom. The molecule has 0 atom stereocenters. The van der Waals surface area contributed by atoms with E-state index in [9.17, 15) is 4.79 Å². The number of ether oxygens (including phenoxy) is 2. The molecule has 1 fully saturated rings. The van der Waals surface area contributed by atoms with Crippen molar-refractivity contribution in [3.05, 3.63) is 30.3 Å². The molecule has 1 aliphatic rings. The first kappa shape index (κ1) is 11.9. The number of para-hydroxylation sites is 1. The fourth-order valence-corrected chi connectivity index (χ4v) is 1.55. The lowest BCUT2D eigenvalue weighted by Gasteiger charge is -2.30. The molecular weight excluding hydrogens is 218 g/mol. The molecule has 4 nitrogen and oxygen atoms in total. The third-order valence-corrected chi connectivity index (χ3v) is 2.67. The van der Waals surface area contributed by atoms with E-state index < -0.39 is 0 Å². The minimum Gasteiger partial charge on any atom is -0.491 e. The number of likely N-dealkylation sites (tertiary alicyclic amines) is 1. The maximum Gasteiger partial charge on any atom is 0.248 e. The summed E-state index contributed by atoms with van der Waals surface area (Å²) in [6.07, 6.45) is 1.11. The highest BCUT2D eigenvalue weighted by molar-refractivity contribution is 5.78. The van der Waals surface area contributed by atoms with Gasteiger partial charge in [-0.15, -0.1) is 0 Å². The van der Waals surface area contributed by atoms with Gasteiger partial charge in [0.05, 0.1) is 6.61 Å². The molecule has 1 aromatic carbocycles. The van der Waals surface area contributed by atoms with Gasteiger partial charge >= 0.3 is 0 Å². The van der Waals surface area contributed by atoms with E-state index in [1.807, 2.05) is 30.3 Å². The van der Waals surface area contributed by atoms with Gasteiger partial charge < -0.3 is 14.4 Å². The zero-order valence-corrected chi connectivity index (χ0v) is 9.80. The fourth-order valence-electron chi connectivity index (χ4n) is 1.55. The van der Waals surface area contributed by atoms with Crippen LogP contribution in [0.3, 0.4) is 0 Å². The van der Waals surface area contributed by atoms with Crippen LogP contribution in [0.1, 0.15) is 6.42 Å². The van der Waals surface area contributed by atoms with Crippen LogP contribution in [0.5, 0.6) is 5.75 Å². The normalized spacial score (nSPS) is 14.2. The Kier molecular flexibility index (Phi) is 4.38. The largest absolute Gasteiger partial charge is 0.491 e. The van der Waals surface area contributed by atoms with Crippen molar-refractivity contribution in [1.29, 1.82) is 0 Å². The first-order valence-corrected chi connectivity index (χ1v) is 5.89. The van der Waals surface area contributed by atoms with Crippen molar-refractivity contribution in [2.45, 2.75) is 6.42 Å². The number of hydrogen-bond acceptors (Lipinski definition) is 3. The Morgan fingerprint density at radius 1 is 1.18 bits per heavy atom. The number of rotatable bonds is 6. The second kappa shape index (κ2) is 6.25. The number of carbonyl (C=O) groups excluding carboxylic acids is 1. The highest BCUT2D eigenvalue weighted by atomic mass is 16.5. The van der Waals surface area contributed by atoms with E-state index in [1.54, 1.807) is 4.90 Å². The molecule has 1 heterocycles. The van der Waals surface area contributed by atoms with Crippen LogP contribution in [0.25, 0.3) is 0 Å². The molecule has 1 aromatic rings. The molecule has 0 aromatic heterocycles. The van der Waals surface area contributed by atoms with Crippen LogP contribution in [0.15, 0.2) is 30.3 Å². The molecule has 17 heavy (non-hydrogen) atoms. The van der Waals surface area contributed by atoms with Gasteiger partial charge in [0, 0.05) is 13.1 Å². The lowest BCUT2D eigenvalue weighted by Crippen LogP contribution is -2.44. The summed E-state index contributed by atoms with van der Waals surface area (Å²) in [6, 6.07) is 9.57.